The van der Waals surface area contributed by atoms with E-state index in [0.29, 0.717) is 11.4 Å². The molecule has 0 bridgehead atoms. The zero-order valence-corrected chi connectivity index (χ0v) is 15.5. The molecule has 0 spiro atoms. The summed E-state index contributed by atoms with van der Waals surface area (Å²) in [4.78, 5) is 16.3. The molecule has 1 aromatic heterocycles. The van der Waals surface area contributed by atoms with Gasteiger partial charge in [-0.1, -0.05) is 22.0 Å². The monoisotopic (exact) mass is 475 g/mol. The molecule has 1 amide bonds. The lowest BCUT2D eigenvalue weighted by Gasteiger charge is -2.11. The smallest absolute Gasteiger partial charge is 0.257 e. The summed E-state index contributed by atoms with van der Waals surface area (Å²) in [6.07, 6.45) is 1.73. The van der Waals surface area contributed by atoms with Crippen LogP contribution in [0.15, 0.2) is 41.0 Å². The molecule has 2 rings (SSSR count). The normalized spacial score (nSPS) is 10.0. The summed E-state index contributed by atoms with van der Waals surface area (Å²) in [5.74, 6) is 0.368. The third kappa shape index (κ3) is 4.72. The number of rotatable bonds is 2. The Morgan fingerprint density at radius 2 is 2.14 bits per heavy atom. The molecule has 0 saturated heterocycles. The second-order valence-electron chi connectivity index (χ2n) is 4.24. The first-order valence-corrected chi connectivity index (χ1v) is 8.24. The summed E-state index contributed by atoms with van der Waals surface area (Å²) in [5, 5.41) is 5.78. The molecule has 0 aliphatic heterocycles. The average molecular weight is 476 g/mol. The maximum absolute atomic E-state index is 12.1. The highest BCUT2D eigenvalue weighted by molar-refractivity contribution is 14.1. The van der Waals surface area contributed by atoms with Crippen molar-refractivity contribution in [1.82, 2.24) is 10.3 Å². The van der Waals surface area contributed by atoms with Crippen LogP contribution in [0.25, 0.3) is 0 Å². The highest BCUT2D eigenvalue weighted by Crippen LogP contribution is 2.14. The van der Waals surface area contributed by atoms with E-state index in [2.05, 4.69) is 54.1 Å². The maximum atomic E-state index is 12.1. The first-order chi connectivity index (χ1) is 9.95. The van der Waals surface area contributed by atoms with Crippen LogP contribution in [0, 0.1) is 10.5 Å². The van der Waals surface area contributed by atoms with Gasteiger partial charge in [0.15, 0.2) is 5.11 Å². The van der Waals surface area contributed by atoms with E-state index in [1.807, 2.05) is 19.1 Å². The zero-order valence-electron chi connectivity index (χ0n) is 11.0. The number of hydrogen-bond donors (Lipinski definition) is 2. The molecule has 0 radical (unpaired) electrons. The Morgan fingerprint density at radius 1 is 1.38 bits per heavy atom. The van der Waals surface area contributed by atoms with Crippen molar-refractivity contribution < 1.29 is 4.79 Å². The number of carbonyl (C=O) groups is 1. The molecular weight excluding hydrogens is 465 g/mol. The lowest BCUT2D eigenvalue weighted by Crippen LogP contribution is -2.34. The minimum Gasteiger partial charge on any atom is -0.317 e. The van der Waals surface area contributed by atoms with Gasteiger partial charge in [-0.15, -0.1) is 0 Å². The van der Waals surface area contributed by atoms with Crippen LogP contribution in [-0.4, -0.2) is 16.0 Å². The summed E-state index contributed by atoms with van der Waals surface area (Å²) in [7, 11) is 0. The van der Waals surface area contributed by atoms with Crippen LogP contribution >= 0.6 is 50.7 Å². The number of nitrogens with one attached hydrogen (secondary N) is 2. The van der Waals surface area contributed by atoms with Crippen molar-refractivity contribution in [2.45, 2.75) is 6.92 Å². The molecule has 0 atom stereocenters. The van der Waals surface area contributed by atoms with Crippen LogP contribution in [0.1, 0.15) is 15.9 Å². The van der Waals surface area contributed by atoms with Gasteiger partial charge in [0, 0.05) is 19.8 Å². The van der Waals surface area contributed by atoms with Crippen molar-refractivity contribution in [2.24, 2.45) is 0 Å². The van der Waals surface area contributed by atoms with Crippen molar-refractivity contribution in [3.8, 4) is 0 Å². The topological polar surface area (TPSA) is 54.0 Å². The van der Waals surface area contributed by atoms with Gasteiger partial charge < -0.3 is 5.32 Å². The molecule has 21 heavy (non-hydrogen) atoms. The van der Waals surface area contributed by atoms with Gasteiger partial charge in [-0.2, -0.15) is 0 Å². The van der Waals surface area contributed by atoms with Crippen molar-refractivity contribution in [2.75, 3.05) is 5.32 Å². The van der Waals surface area contributed by atoms with Crippen molar-refractivity contribution in [3.63, 3.8) is 0 Å². The van der Waals surface area contributed by atoms with Crippen molar-refractivity contribution in [1.29, 1.82) is 0 Å². The van der Waals surface area contributed by atoms with Crippen LogP contribution in [0.4, 0.5) is 5.82 Å². The Labute approximate surface area is 150 Å². The van der Waals surface area contributed by atoms with Gasteiger partial charge in [-0.05, 0) is 71.6 Å². The summed E-state index contributed by atoms with van der Waals surface area (Å²) in [6, 6.07) is 9.07. The van der Waals surface area contributed by atoms with Gasteiger partial charge in [-0.25, -0.2) is 4.98 Å². The summed E-state index contributed by atoms with van der Waals surface area (Å²) in [5.41, 5.74) is 1.49. The van der Waals surface area contributed by atoms with Crippen LogP contribution in [0.2, 0.25) is 0 Å². The average Bonchev–Trinajstić information content (AvgIpc) is 2.42. The number of amides is 1. The fourth-order valence-corrected chi connectivity index (χ4v) is 2.81. The van der Waals surface area contributed by atoms with Crippen molar-refractivity contribution in [3.05, 3.63) is 55.7 Å². The van der Waals surface area contributed by atoms with Crippen LogP contribution in [0.5, 0.6) is 0 Å². The first kappa shape index (κ1) is 16.3. The first-order valence-electron chi connectivity index (χ1n) is 5.96. The number of nitrogens with zero attached hydrogens (tertiary/aromatic N) is 1. The summed E-state index contributed by atoms with van der Waals surface area (Å²) >= 11 is 10.7. The predicted molar refractivity (Wildman–Crippen MR) is 99.5 cm³/mol. The zero-order chi connectivity index (χ0) is 15.4. The number of anilines is 1. The lowest BCUT2D eigenvalue weighted by molar-refractivity contribution is 0.0977. The number of thiocarbonyl (C=S) groups is 1. The van der Waals surface area contributed by atoms with Gasteiger partial charge in [0.25, 0.3) is 5.91 Å². The Kier molecular flexibility index (Phi) is 5.65. The van der Waals surface area contributed by atoms with E-state index in [-0.39, 0.29) is 11.0 Å². The van der Waals surface area contributed by atoms with E-state index in [1.54, 1.807) is 24.4 Å². The minimum atomic E-state index is -0.267. The predicted octanol–water partition coefficient (Wildman–Crippen LogP) is 3.88. The highest BCUT2D eigenvalue weighted by Gasteiger charge is 2.09. The molecule has 2 aromatic rings. The van der Waals surface area contributed by atoms with Crippen LogP contribution in [-0.2, 0) is 0 Å². The Bertz CT molecular complexity index is 708. The number of carbonyl (C=O) groups excluding carboxylic acids is 1. The molecule has 4 nitrogen and oxygen atoms in total. The molecular formula is C14H11BrIN3OS. The summed E-state index contributed by atoms with van der Waals surface area (Å²) in [6.45, 7) is 1.93. The summed E-state index contributed by atoms with van der Waals surface area (Å²) < 4.78 is 1.88. The molecule has 1 heterocycles. The standard InChI is InChI=1S/C14H11BrIN3OS/c1-8-5-11(16)7-17-12(8)18-14(21)19-13(20)9-3-2-4-10(15)6-9/h2-7H,1H3,(H2,17,18,19,20,21). The number of aromatic nitrogens is 1. The fraction of sp³-hybridized carbons (Fsp3) is 0.0714. The van der Waals surface area contributed by atoms with Gasteiger partial charge >= 0.3 is 0 Å². The maximum Gasteiger partial charge on any atom is 0.257 e. The molecule has 0 unspecified atom stereocenters. The third-order valence-electron chi connectivity index (χ3n) is 2.59. The van der Waals surface area contributed by atoms with Crippen molar-refractivity contribution >= 4 is 67.6 Å². The van der Waals surface area contributed by atoms with Gasteiger partial charge in [0.05, 0.1) is 0 Å². The van der Waals surface area contributed by atoms with E-state index in [1.165, 1.54) is 0 Å². The van der Waals surface area contributed by atoms with Crippen LogP contribution < -0.4 is 10.6 Å². The molecule has 2 N–H and O–H groups in total. The van der Waals surface area contributed by atoms with E-state index in [9.17, 15) is 4.79 Å². The second kappa shape index (κ2) is 7.28. The van der Waals surface area contributed by atoms with Gasteiger partial charge in [0.1, 0.15) is 5.82 Å². The largest absolute Gasteiger partial charge is 0.317 e. The molecule has 0 fully saturated rings. The fourth-order valence-electron chi connectivity index (χ4n) is 1.62. The van der Waals surface area contributed by atoms with E-state index in [4.69, 9.17) is 12.2 Å². The van der Waals surface area contributed by atoms with E-state index in [0.717, 1.165) is 13.6 Å². The highest BCUT2D eigenvalue weighted by atomic mass is 127. The molecule has 7 heteroatoms. The van der Waals surface area contributed by atoms with E-state index < -0.39 is 0 Å². The molecule has 0 aliphatic carbocycles. The molecule has 1 aromatic carbocycles. The number of aryl methyl sites for hydroxylation is 1. The van der Waals surface area contributed by atoms with Gasteiger partial charge in [0.2, 0.25) is 0 Å². The number of pyridine rings is 1. The minimum absolute atomic E-state index is 0.219. The lowest BCUT2D eigenvalue weighted by atomic mass is 10.2. The number of benzene rings is 1. The van der Waals surface area contributed by atoms with Gasteiger partial charge in [-0.3, -0.25) is 10.1 Å². The molecule has 108 valence electrons. The number of hydrogen-bond acceptors (Lipinski definition) is 3. The second-order valence-corrected chi connectivity index (χ2v) is 6.81. The SMILES string of the molecule is Cc1cc(I)cnc1NC(=S)NC(=O)c1cccc(Br)c1. The molecule has 0 saturated carbocycles. The Morgan fingerprint density at radius 3 is 2.81 bits per heavy atom. The Balaban J connectivity index is 2.03. The van der Waals surface area contributed by atoms with Crippen LogP contribution in [0.3, 0.4) is 0 Å². The third-order valence-corrected chi connectivity index (χ3v) is 3.88. The number of halogens is 2. The quantitative estimate of drug-likeness (QED) is 0.511. The van der Waals surface area contributed by atoms with E-state index >= 15 is 0 Å². The molecule has 0 aliphatic rings. The Hall–Kier alpha value is -1.06.